The first-order valence-electron chi connectivity index (χ1n) is 4.29. The van der Waals surface area contributed by atoms with Gasteiger partial charge in [0.15, 0.2) is 0 Å². The minimum Gasteiger partial charge on any atom is -0.508 e. The summed E-state index contributed by atoms with van der Waals surface area (Å²) in [5.41, 5.74) is 1.31. The molecule has 1 aromatic rings. The van der Waals surface area contributed by atoms with E-state index in [1.54, 1.807) is 12.1 Å². The van der Waals surface area contributed by atoms with Gasteiger partial charge in [-0.05, 0) is 17.7 Å². The van der Waals surface area contributed by atoms with E-state index in [-0.39, 0.29) is 18.3 Å². The van der Waals surface area contributed by atoms with Crippen molar-refractivity contribution in [2.45, 2.75) is 20.1 Å². The van der Waals surface area contributed by atoms with Crippen LogP contribution in [0.1, 0.15) is 18.1 Å². The molecule has 0 saturated carbocycles. The molecule has 14 heavy (non-hydrogen) atoms. The van der Waals surface area contributed by atoms with Gasteiger partial charge in [0.25, 0.3) is 0 Å². The maximum Gasteiger partial charge on any atom is 0.217 e. The molecule has 0 atom stereocenters. The number of nitrogens with one attached hydrogen (secondary N) is 1. The van der Waals surface area contributed by atoms with Crippen molar-refractivity contribution < 1.29 is 15.0 Å². The average molecular weight is 195 g/mol. The zero-order chi connectivity index (χ0) is 10.6. The van der Waals surface area contributed by atoms with Gasteiger partial charge in [-0.15, -0.1) is 0 Å². The lowest BCUT2D eigenvalue weighted by Crippen LogP contribution is -2.18. The maximum absolute atomic E-state index is 10.6. The minimum absolute atomic E-state index is 0.0686. The molecule has 1 rings (SSSR count). The summed E-state index contributed by atoms with van der Waals surface area (Å²) in [6, 6.07) is 4.86. The van der Waals surface area contributed by atoms with E-state index in [2.05, 4.69) is 5.32 Å². The lowest BCUT2D eigenvalue weighted by atomic mass is 10.1. The largest absolute Gasteiger partial charge is 0.508 e. The molecular formula is C10H13NO3. The Kier molecular flexibility index (Phi) is 3.48. The van der Waals surface area contributed by atoms with Crippen molar-refractivity contribution in [2.24, 2.45) is 0 Å². The van der Waals surface area contributed by atoms with Crippen LogP contribution in [0.2, 0.25) is 0 Å². The molecule has 0 aromatic heterocycles. The van der Waals surface area contributed by atoms with Crippen molar-refractivity contribution in [3.05, 3.63) is 29.3 Å². The monoisotopic (exact) mass is 195 g/mol. The summed E-state index contributed by atoms with van der Waals surface area (Å²) in [5.74, 6) is -0.0392. The van der Waals surface area contributed by atoms with Crippen LogP contribution in [-0.2, 0) is 17.9 Å². The molecule has 0 aliphatic rings. The number of hydrogen-bond donors (Lipinski definition) is 3. The smallest absolute Gasteiger partial charge is 0.217 e. The SMILES string of the molecule is CC(=O)NCc1ccc(O)c(CO)c1. The van der Waals surface area contributed by atoms with E-state index < -0.39 is 0 Å². The first-order chi connectivity index (χ1) is 6.63. The lowest BCUT2D eigenvalue weighted by Gasteiger charge is -2.05. The van der Waals surface area contributed by atoms with Crippen LogP contribution in [0.4, 0.5) is 0 Å². The first kappa shape index (κ1) is 10.5. The van der Waals surface area contributed by atoms with E-state index in [0.29, 0.717) is 12.1 Å². The number of phenols is 1. The van der Waals surface area contributed by atoms with Gasteiger partial charge in [-0.2, -0.15) is 0 Å². The Morgan fingerprint density at radius 2 is 2.21 bits per heavy atom. The van der Waals surface area contributed by atoms with Crippen molar-refractivity contribution in [2.75, 3.05) is 0 Å². The molecule has 1 aromatic carbocycles. The molecule has 3 N–H and O–H groups in total. The van der Waals surface area contributed by atoms with Gasteiger partial charge in [0, 0.05) is 19.0 Å². The third-order valence-corrected chi connectivity index (χ3v) is 1.86. The summed E-state index contributed by atoms with van der Waals surface area (Å²) in [4.78, 5) is 10.6. The van der Waals surface area contributed by atoms with Crippen LogP contribution in [0.25, 0.3) is 0 Å². The highest BCUT2D eigenvalue weighted by molar-refractivity contribution is 5.72. The van der Waals surface area contributed by atoms with Crippen LogP contribution in [-0.4, -0.2) is 16.1 Å². The Balaban J connectivity index is 2.74. The molecule has 4 heteroatoms. The zero-order valence-corrected chi connectivity index (χ0v) is 7.95. The van der Waals surface area contributed by atoms with Crippen molar-refractivity contribution in [3.63, 3.8) is 0 Å². The van der Waals surface area contributed by atoms with Gasteiger partial charge in [-0.25, -0.2) is 0 Å². The number of aromatic hydroxyl groups is 1. The molecule has 0 spiro atoms. The van der Waals surface area contributed by atoms with Crippen LogP contribution in [0, 0.1) is 0 Å². The minimum atomic E-state index is -0.209. The number of benzene rings is 1. The predicted octanol–water partition coefficient (Wildman–Crippen LogP) is 0.521. The Morgan fingerprint density at radius 1 is 1.50 bits per heavy atom. The summed E-state index contributed by atoms with van der Waals surface area (Å²) >= 11 is 0. The normalized spacial score (nSPS) is 9.86. The Labute approximate surface area is 82.2 Å². The standard InChI is InChI=1S/C10H13NO3/c1-7(13)11-5-8-2-3-10(14)9(4-8)6-12/h2-4,12,14H,5-6H2,1H3,(H,11,13). The van der Waals surface area contributed by atoms with Gasteiger partial charge in [0.05, 0.1) is 6.61 Å². The molecule has 0 aliphatic heterocycles. The number of carbonyl (C=O) groups is 1. The van der Waals surface area contributed by atoms with Gasteiger partial charge < -0.3 is 15.5 Å². The zero-order valence-electron chi connectivity index (χ0n) is 7.95. The molecule has 0 bridgehead atoms. The second kappa shape index (κ2) is 4.62. The van der Waals surface area contributed by atoms with E-state index in [9.17, 15) is 9.90 Å². The van der Waals surface area contributed by atoms with Gasteiger partial charge in [-0.1, -0.05) is 6.07 Å². The van der Waals surface area contributed by atoms with E-state index in [4.69, 9.17) is 5.11 Å². The number of aliphatic hydroxyl groups excluding tert-OH is 1. The van der Waals surface area contributed by atoms with Crippen molar-refractivity contribution in [1.29, 1.82) is 0 Å². The summed E-state index contributed by atoms with van der Waals surface area (Å²) in [6.07, 6.45) is 0. The van der Waals surface area contributed by atoms with Crippen molar-refractivity contribution in [1.82, 2.24) is 5.32 Å². The highest BCUT2D eigenvalue weighted by atomic mass is 16.3. The van der Waals surface area contributed by atoms with Gasteiger partial charge in [-0.3, -0.25) is 4.79 Å². The fraction of sp³-hybridized carbons (Fsp3) is 0.300. The van der Waals surface area contributed by atoms with Crippen molar-refractivity contribution >= 4 is 5.91 Å². The number of carbonyl (C=O) groups excluding carboxylic acids is 1. The van der Waals surface area contributed by atoms with E-state index in [0.717, 1.165) is 5.56 Å². The van der Waals surface area contributed by atoms with Gasteiger partial charge >= 0.3 is 0 Å². The number of rotatable bonds is 3. The third kappa shape index (κ3) is 2.74. The quantitative estimate of drug-likeness (QED) is 0.658. The molecule has 0 fully saturated rings. The van der Waals surface area contributed by atoms with Gasteiger partial charge in [0.1, 0.15) is 5.75 Å². The average Bonchev–Trinajstić information content (AvgIpc) is 2.16. The Bertz CT molecular complexity index is 336. The Hall–Kier alpha value is -1.55. The number of hydrogen-bond acceptors (Lipinski definition) is 3. The number of aliphatic hydroxyl groups is 1. The van der Waals surface area contributed by atoms with Crippen LogP contribution >= 0.6 is 0 Å². The summed E-state index contributed by atoms with van der Waals surface area (Å²) < 4.78 is 0. The van der Waals surface area contributed by atoms with E-state index in [1.807, 2.05) is 0 Å². The second-order valence-corrected chi connectivity index (χ2v) is 3.03. The lowest BCUT2D eigenvalue weighted by molar-refractivity contribution is -0.119. The highest BCUT2D eigenvalue weighted by Gasteiger charge is 2.01. The highest BCUT2D eigenvalue weighted by Crippen LogP contribution is 2.18. The molecule has 0 heterocycles. The second-order valence-electron chi connectivity index (χ2n) is 3.03. The fourth-order valence-electron chi connectivity index (χ4n) is 1.10. The van der Waals surface area contributed by atoms with E-state index >= 15 is 0 Å². The molecular weight excluding hydrogens is 182 g/mol. The topological polar surface area (TPSA) is 69.6 Å². The van der Waals surface area contributed by atoms with E-state index in [1.165, 1.54) is 13.0 Å². The number of amides is 1. The summed E-state index contributed by atoms with van der Waals surface area (Å²) in [6.45, 7) is 1.63. The molecule has 0 radical (unpaired) electrons. The molecule has 76 valence electrons. The van der Waals surface area contributed by atoms with Crippen LogP contribution in [0.15, 0.2) is 18.2 Å². The van der Waals surface area contributed by atoms with Crippen LogP contribution in [0.5, 0.6) is 5.75 Å². The molecule has 0 unspecified atom stereocenters. The first-order valence-corrected chi connectivity index (χ1v) is 4.29. The summed E-state index contributed by atoms with van der Waals surface area (Å²) in [7, 11) is 0. The molecule has 0 saturated heterocycles. The summed E-state index contributed by atoms with van der Waals surface area (Å²) in [5, 5.41) is 20.8. The molecule has 1 amide bonds. The predicted molar refractivity (Wildman–Crippen MR) is 51.6 cm³/mol. The van der Waals surface area contributed by atoms with Crippen LogP contribution < -0.4 is 5.32 Å². The van der Waals surface area contributed by atoms with Crippen molar-refractivity contribution in [3.8, 4) is 5.75 Å². The maximum atomic E-state index is 10.6. The Morgan fingerprint density at radius 3 is 2.79 bits per heavy atom. The van der Waals surface area contributed by atoms with Crippen LogP contribution in [0.3, 0.4) is 0 Å². The van der Waals surface area contributed by atoms with Gasteiger partial charge in [0.2, 0.25) is 5.91 Å². The molecule has 0 aliphatic carbocycles. The molecule has 4 nitrogen and oxygen atoms in total. The fourth-order valence-corrected chi connectivity index (χ4v) is 1.10. The third-order valence-electron chi connectivity index (χ3n) is 1.86.